The first-order valence-corrected chi connectivity index (χ1v) is 6.35. The largest absolute Gasteiger partial charge is 0.314 e. The lowest BCUT2D eigenvalue weighted by Crippen LogP contribution is -2.07. The Labute approximate surface area is 101 Å². The summed E-state index contributed by atoms with van der Waals surface area (Å²) in [7, 11) is 1.93. The van der Waals surface area contributed by atoms with Gasteiger partial charge in [-0.2, -0.15) is 5.10 Å². The van der Waals surface area contributed by atoms with E-state index in [2.05, 4.69) is 37.8 Å². The second kappa shape index (κ2) is 4.92. The van der Waals surface area contributed by atoms with E-state index in [4.69, 9.17) is 0 Å². The molecule has 0 saturated heterocycles. The topological polar surface area (TPSA) is 29.9 Å². The van der Waals surface area contributed by atoms with Crippen LogP contribution in [-0.4, -0.2) is 16.8 Å². The van der Waals surface area contributed by atoms with Gasteiger partial charge < -0.3 is 5.32 Å². The second-order valence-corrected chi connectivity index (χ2v) is 5.08. The van der Waals surface area contributed by atoms with E-state index in [0.717, 1.165) is 23.3 Å². The van der Waals surface area contributed by atoms with Crippen molar-refractivity contribution in [3.63, 3.8) is 0 Å². The van der Waals surface area contributed by atoms with Crippen LogP contribution in [0.4, 0.5) is 0 Å². The zero-order valence-corrected chi connectivity index (χ0v) is 10.8. The lowest BCUT2D eigenvalue weighted by molar-refractivity contribution is 0.663. The van der Waals surface area contributed by atoms with Gasteiger partial charge in [-0.3, -0.25) is 4.68 Å². The molecule has 80 valence electrons. The molecule has 2 heterocycles. The fraction of sp³-hybridized carbons (Fsp3) is 0.300. The molecule has 2 aromatic heterocycles. The van der Waals surface area contributed by atoms with Crippen LogP contribution in [0.15, 0.2) is 28.2 Å². The Bertz CT molecular complexity index is 435. The van der Waals surface area contributed by atoms with Gasteiger partial charge in [-0.15, -0.1) is 11.3 Å². The summed E-state index contributed by atoms with van der Waals surface area (Å²) in [5.41, 5.74) is 1.07. The first-order valence-electron chi connectivity index (χ1n) is 4.68. The molecule has 0 aliphatic heterocycles. The Morgan fingerprint density at radius 2 is 2.40 bits per heavy atom. The third-order valence-electron chi connectivity index (χ3n) is 2.05. The predicted molar refractivity (Wildman–Crippen MR) is 66.1 cm³/mol. The molecule has 0 aliphatic rings. The van der Waals surface area contributed by atoms with Gasteiger partial charge in [-0.25, -0.2) is 0 Å². The summed E-state index contributed by atoms with van der Waals surface area (Å²) in [5.74, 6) is 0. The summed E-state index contributed by atoms with van der Waals surface area (Å²) in [4.78, 5) is 1.30. The molecule has 0 atom stereocenters. The van der Waals surface area contributed by atoms with Crippen LogP contribution in [0.2, 0.25) is 0 Å². The minimum absolute atomic E-state index is 0.818. The van der Waals surface area contributed by atoms with Gasteiger partial charge in [0.15, 0.2) is 0 Å². The molecule has 5 heteroatoms. The number of aromatic nitrogens is 2. The number of hydrogen-bond acceptors (Lipinski definition) is 3. The summed E-state index contributed by atoms with van der Waals surface area (Å²) in [6.07, 6.45) is 2.01. The number of nitrogens with one attached hydrogen (secondary N) is 1. The lowest BCUT2D eigenvalue weighted by atomic mass is 10.4. The van der Waals surface area contributed by atoms with Gasteiger partial charge in [0.2, 0.25) is 0 Å². The van der Waals surface area contributed by atoms with E-state index in [1.165, 1.54) is 4.88 Å². The Kier molecular flexibility index (Phi) is 3.56. The van der Waals surface area contributed by atoms with Crippen LogP contribution >= 0.6 is 27.3 Å². The number of nitrogens with zero attached hydrogens (tertiary/aromatic N) is 2. The molecule has 0 bridgehead atoms. The molecule has 0 radical (unpaired) electrons. The summed E-state index contributed by atoms with van der Waals surface area (Å²) >= 11 is 5.26. The average Bonchev–Trinajstić information content (AvgIpc) is 2.79. The fourth-order valence-corrected chi connectivity index (χ4v) is 2.82. The Balaban J connectivity index is 2.08. The Morgan fingerprint density at radius 3 is 3.07 bits per heavy atom. The maximum atomic E-state index is 4.46. The smallest absolute Gasteiger partial charge is 0.0763 e. The molecule has 15 heavy (non-hydrogen) atoms. The van der Waals surface area contributed by atoms with E-state index in [1.807, 2.05) is 24.0 Å². The molecule has 1 N–H and O–H groups in total. The molecule has 0 fully saturated rings. The van der Waals surface area contributed by atoms with Crippen LogP contribution in [0.1, 0.15) is 10.6 Å². The van der Waals surface area contributed by atoms with Crippen molar-refractivity contribution < 1.29 is 0 Å². The summed E-state index contributed by atoms with van der Waals surface area (Å²) < 4.78 is 3.13. The standard InChI is InChI=1S/C10H12BrN3S/c1-12-6-8-2-4-14(13-8)7-10-9(11)3-5-15-10/h2-5,12H,6-7H2,1H3. The van der Waals surface area contributed by atoms with E-state index in [-0.39, 0.29) is 0 Å². The van der Waals surface area contributed by atoms with Crippen molar-refractivity contribution in [3.05, 3.63) is 38.8 Å². The number of halogens is 1. The van der Waals surface area contributed by atoms with Crippen LogP contribution in [0, 0.1) is 0 Å². The molecule has 0 unspecified atom stereocenters. The fourth-order valence-electron chi connectivity index (χ4n) is 1.35. The number of hydrogen-bond donors (Lipinski definition) is 1. The molecular weight excluding hydrogens is 274 g/mol. The lowest BCUT2D eigenvalue weighted by Gasteiger charge is -1.99. The monoisotopic (exact) mass is 285 g/mol. The highest BCUT2D eigenvalue weighted by atomic mass is 79.9. The molecule has 3 nitrogen and oxygen atoms in total. The third kappa shape index (κ3) is 2.68. The first kappa shape index (κ1) is 10.9. The van der Waals surface area contributed by atoms with Crippen molar-refractivity contribution in [1.82, 2.24) is 15.1 Å². The van der Waals surface area contributed by atoms with Crippen molar-refractivity contribution in [2.45, 2.75) is 13.1 Å². The van der Waals surface area contributed by atoms with E-state index < -0.39 is 0 Å². The summed E-state index contributed by atoms with van der Waals surface area (Å²) in [6, 6.07) is 4.11. The number of thiophene rings is 1. The molecule has 0 aliphatic carbocycles. The van der Waals surface area contributed by atoms with Gasteiger partial charge in [-0.05, 0) is 40.5 Å². The van der Waals surface area contributed by atoms with Crippen LogP contribution in [0.25, 0.3) is 0 Å². The summed E-state index contributed by atoms with van der Waals surface area (Å²) in [5, 5.41) is 9.62. The molecule has 2 aromatic rings. The van der Waals surface area contributed by atoms with Crippen LogP contribution in [0.3, 0.4) is 0 Å². The van der Waals surface area contributed by atoms with E-state index in [1.54, 1.807) is 11.3 Å². The maximum absolute atomic E-state index is 4.46. The maximum Gasteiger partial charge on any atom is 0.0763 e. The first-order chi connectivity index (χ1) is 7.29. The van der Waals surface area contributed by atoms with E-state index in [0.29, 0.717) is 0 Å². The Hall–Kier alpha value is -0.650. The zero-order chi connectivity index (χ0) is 10.7. The van der Waals surface area contributed by atoms with Gasteiger partial charge in [0.25, 0.3) is 0 Å². The van der Waals surface area contributed by atoms with E-state index >= 15 is 0 Å². The normalized spacial score (nSPS) is 10.8. The predicted octanol–water partition coefficient (Wildman–Crippen LogP) is 2.47. The minimum Gasteiger partial charge on any atom is -0.314 e. The van der Waals surface area contributed by atoms with Crippen LogP contribution in [0.5, 0.6) is 0 Å². The number of rotatable bonds is 4. The quantitative estimate of drug-likeness (QED) is 0.935. The minimum atomic E-state index is 0.818. The zero-order valence-electron chi connectivity index (χ0n) is 8.40. The van der Waals surface area contributed by atoms with Gasteiger partial charge in [-0.1, -0.05) is 0 Å². The van der Waals surface area contributed by atoms with Crippen molar-refractivity contribution in [3.8, 4) is 0 Å². The average molecular weight is 286 g/mol. The molecule has 0 aromatic carbocycles. The second-order valence-electron chi connectivity index (χ2n) is 3.23. The third-order valence-corrected chi connectivity index (χ3v) is 3.96. The highest BCUT2D eigenvalue weighted by molar-refractivity contribution is 9.10. The highest BCUT2D eigenvalue weighted by Gasteiger charge is 2.03. The van der Waals surface area contributed by atoms with Crippen LogP contribution in [-0.2, 0) is 13.1 Å². The van der Waals surface area contributed by atoms with Gasteiger partial charge in [0, 0.05) is 22.1 Å². The Morgan fingerprint density at radius 1 is 1.53 bits per heavy atom. The van der Waals surface area contributed by atoms with Crippen molar-refractivity contribution in [1.29, 1.82) is 0 Å². The molecule has 0 saturated carbocycles. The van der Waals surface area contributed by atoms with Crippen molar-refractivity contribution >= 4 is 27.3 Å². The van der Waals surface area contributed by atoms with Crippen LogP contribution < -0.4 is 5.32 Å². The van der Waals surface area contributed by atoms with Crippen molar-refractivity contribution in [2.24, 2.45) is 0 Å². The van der Waals surface area contributed by atoms with Crippen molar-refractivity contribution in [2.75, 3.05) is 7.05 Å². The molecule has 0 spiro atoms. The summed E-state index contributed by atoms with van der Waals surface area (Å²) in [6.45, 7) is 1.65. The molecule has 0 amide bonds. The SMILES string of the molecule is CNCc1ccn(Cc2sccc2Br)n1. The highest BCUT2D eigenvalue weighted by Crippen LogP contribution is 2.23. The van der Waals surface area contributed by atoms with Gasteiger partial charge in [0.1, 0.15) is 0 Å². The van der Waals surface area contributed by atoms with Gasteiger partial charge >= 0.3 is 0 Å². The van der Waals surface area contributed by atoms with E-state index in [9.17, 15) is 0 Å². The van der Waals surface area contributed by atoms with Gasteiger partial charge in [0.05, 0.1) is 12.2 Å². The molecular formula is C10H12BrN3S. The molecule has 2 rings (SSSR count).